The van der Waals surface area contributed by atoms with Crippen molar-refractivity contribution in [3.05, 3.63) is 0 Å². The van der Waals surface area contributed by atoms with Crippen LogP contribution in [0.5, 0.6) is 0 Å². The molecule has 14 heavy (non-hydrogen) atoms. The Morgan fingerprint density at radius 3 is 0.714 bits per heavy atom. The van der Waals surface area contributed by atoms with E-state index in [1.807, 2.05) is 0 Å². The molecule has 0 radical (unpaired) electrons. The van der Waals surface area contributed by atoms with Crippen molar-refractivity contribution < 1.29 is 69.7 Å². The van der Waals surface area contributed by atoms with E-state index in [1.54, 1.807) is 0 Å². The fraction of sp³-hybridized carbons (Fsp3) is 0. The van der Waals surface area contributed by atoms with E-state index < -0.39 is 27.8 Å². The third-order valence-corrected chi connectivity index (χ3v) is 0. The SMILES string of the molecule is O=[Si]([O-])F.O=[Si]([O-])F.O=[Si]([O-])F.[Mg+2].[Na+]. The van der Waals surface area contributed by atoms with Crippen molar-refractivity contribution in [2.75, 3.05) is 0 Å². The van der Waals surface area contributed by atoms with Crippen LogP contribution in [0.15, 0.2) is 0 Å². The van der Waals surface area contributed by atoms with Gasteiger partial charge in [-0.05, 0) is 0 Å². The second-order valence-corrected chi connectivity index (χ2v) is 2.14. The molecule has 0 bridgehead atoms. The Bertz CT molecular complexity index is 126. The van der Waals surface area contributed by atoms with Gasteiger partial charge in [-0.1, -0.05) is 0 Å². The fourth-order valence-electron chi connectivity index (χ4n) is 0. The molecular weight excluding hydrogens is 285 g/mol. The van der Waals surface area contributed by atoms with E-state index in [2.05, 4.69) is 0 Å². The van der Waals surface area contributed by atoms with Gasteiger partial charge in [0.05, 0.1) is 0 Å². The fourth-order valence-corrected chi connectivity index (χ4v) is 0. The van der Waals surface area contributed by atoms with E-state index in [0.717, 1.165) is 0 Å². The van der Waals surface area contributed by atoms with Crippen LogP contribution in [0.3, 0.4) is 0 Å². The average molecular weight is 285 g/mol. The molecule has 14 heteroatoms. The van der Waals surface area contributed by atoms with Crippen molar-refractivity contribution in [3.8, 4) is 0 Å². The van der Waals surface area contributed by atoms with Gasteiger partial charge in [0.1, 0.15) is 0 Å². The maximum atomic E-state index is 9.99. The molecule has 0 saturated heterocycles. The summed E-state index contributed by atoms with van der Waals surface area (Å²) in [6, 6.07) is 0. The minimum atomic E-state index is -3.88. The van der Waals surface area contributed by atoms with Crippen LogP contribution in [-0.2, 0) is 13.4 Å². The Kier molecular flexibility index (Phi) is 49.7. The van der Waals surface area contributed by atoms with Crippen molar-refractivity contribution in [2.45, 2.75) is 0 Å². The summed E-state index contributed by atoms with van der Waals surface area (Å²) in [5.74, 6) is 0. The molecule has 6 nitrogen and oxygen atoms in total. The quantitative estimate of drug-likeness (QED) is 0.322. The van der Waals surface area contributed by atoms with Crippen LogP contribution < -0.4 is 43.9 Å². The van der Waals surface area contributed by atoms with Crippen LogP contribution in [-0.4, -0.2) is 50.8 Å². The monoisotopic (exact) mass is 284 g/mol. The zero-order valence-corrected chi connectivity index (χ0v) is 13.2. The first kappa shape index (κ1) is 29.4. The van der Waals surface area contributed by atoms with Gasteiger partial charge >= 0.3 is 80.4 Å². The van der Waals surface area contributed by atoms with E-state index in [-0.39, 0.29) is 52.6 Å². The van der Waals surface area contributed by atoms with E-state index in [4.69, 9.17) is 27.8 Å². The predicted octanol–water partition coefficient (Wildman–Crippen LogP) is -7.18. The van der Waals surface area contributed by atoms with Crippen molar-refractivity contribution in [1.82, 2.24) is 0 Å². The average Bonchev–Trinajstić information content (AvgIpc) is 1.54. The number of hydrogen-bond donors (Lipinski definition) is 0. The van der Waals surface area contributed by atoms with Gasteiger partial charge in [0.25, 0.3) is 0 Å². The molecule has 0 aliphatic carbocycles. The molecule has 0 unspecified atom stereocenters. The predicted molar refractivity (Wildman–Crippen MR) is 28.4 cm³/mol. The molecule has 0 spiro atoms. The van der Waals surface area contributed by atoms with Crippen LogP contribution in [0.2, 0.25) is 0 Å². The van der Waals surface area contributed by atoms with E-state index in [9.17, 15) is 12.3 Å². The molecule has 0 aromatic carbocycles. The topological polar surface area (TPSA) is 120 Å². The van der Waals surface area contributed by atoms with Gasteiger partial charge in [0.15, 0.2) is 0 Å². The Labute approximate surface area is 119 Å². The van der Waals surface area contributed by atoms with Gasteiger partial charge in [-0.25, -0.2) is 0 Å². The summed E-state index contributed by atoms with van der Waals surface area (Å²) in [6.45, 7) is 0. The van der Waals surface area contributed by atoms with Gasteiger partial charge in [-0.15, -0.1) is 0 Å². The smallest absolute Gasteiger partial charge is 0.560 e. The van der Waals surface area contributed by atoms with Crippen LogP contribution in [0.4, 0.5) is 12.3 Å². The summed E-state index contributed by atoms with van der Waals surface area (Å²) < 4.78 is 55.2. The summed E-state index contributed by atoms with van der Waals surface area (Å²) in [5, 5.41) is 0. The Morgan fingerprint density at radius 2 is 0.714 bits per heavy atom. The number of rotatable bonds is 0. The molecule has 0 fully saturated rings. The van der Waals surface area contributed by atoms with Crippen molar-refractivity contribution in [1.29, 1.82) is 0 Å². The molecule has 0 aromatic rings. The minimum Gasteiger partial charge on any atom is -0.560 e. The largest absolute Gasteiger partial charge is 2.00 e. The van der Waals surface area contributed by atoms with Crippen LogP contribution >= 0.6 is 0 Å². The first-order chi connectivity index (χ1) is 5.20. The van der Waals surface area contributed by atoms with Crippen LogP contribution in [0.1, 0.15) is 0 Å². The summed E-state index contributed by atoms with van der Waals surface area (Å²) in [6.07, 6.45) is 0. The Morgan fingerprint density at radius 1 is 0.714 bits per heavy atom. The third-order valence-electron chi connectivity index (χ3n) is 0. The summed E-state index contributed by atoms with van der Waals surface area (Å²) in [4.78, 5) is 25.2. The molecule has 0 atom stereocenters. The van der Waals surface area contributed by atoms with Gasteiger partial charge in [0, 0.05) is 0 Å². The molecule has 0 heterocycles. The summed E-state index contributed by atoms with van der Waals surface area (Å²) >= 11 is 0. The first-order valence-corrected chi connectivity index (χ1v) is 5.38. The molecule has 0 aliphatic heterocycles. The zero-order chi connectivity index (χ0) is 10.7. The molecule has 0 saturated carbocycles. The zero-order valence-electron chi connectivity index (χ0n) is 6.79. The van der Waals surface area contributed by atoms with Crippen LogP contribution in [0.25, 0.3) is 0 Å². The normalized spacial score (nSPS) is 5.36. The molecule has 0 amide bonds. The molecule has 0 aromatic heterocycles. The maximum absolute atomic E-state index is 9.99. The van der Waals surface area contributed by atoms with Crippen molar-refractivity contribution >= 4 is 50.8 Å². The second kappa shape index (κ2) is 23.7. The van der Waals surface area contributed by atoms with Gasteiger partial charge in [-0.3, -0.25) is 12.3 Å². The van der Waals surface area contributed by atoms with E-state index in [1.165, 1.54) is 0 Å². The maximum Gasteiger partial charge on any atom is 2.00 e. The minimum absolute atomic E-state index is 0. The first-order valence-electron chi connectivity index (χ1n) is 1.79. The Balaban J connectivity index is -0.0000000270. The standard InChI is InChI=1S/3FO2Si.Mg.Na/c3*1-4(2)3;;/q3*-1;+2;+1. The third kappa shape index (κ3) is 1850. The van der Waals surface area contributed by atoms with E-state index >= 15 is 0 Å². The molecule has 72 valence electrons. The number of halogens is 3. The van der Waals surface area contributed by atoms with Gasteiger partial charge in [0.2, 0.25) is 0 Å². The molecule has 0 aliphatic rings. The molecule has 0 rings (SSSR count). The second-order valence-electron chi connectivity index (χ2n) is 0.713. The molecule has 0 N–H and O–H groups in total. The molecular formula is F3MgNaO6Si3. The van der Waals surface area contributed by atoms with Gasteiger partial charge in [-0.2, -0.15) is 0 Å². The van der Waals surface area contributed by atoms with Crippen molar-refractivity contribution in [3.63, 3.8) is 0 Å². The van der Waals surface area contributed by atoms with Crippen LogP contribution in [0, 0.1) is 0 Å². The summed E-state index contributed by atoms with van der Waals surface area (Å²) in [7, 11) is -11.6. The van der Waals surface area contributed by atoms with E-state index in [0.29, 0.717) is 0 Å². The van der Waals surface area contributed by atoms with Crippen molar-refractivity contribution in [2.24, 2.45) is 0 Å². The Hall–Kier alpha value is 1.01. The number of hydrogen-bond acceptors (Lipinski definition) is 6. The summed E-state index contributed by atoms with van der Waals surface area (Å²) in [5.41, 5.74) is 0. The van der Waals surface area contributed by atoms with Gasteiger partial charge < -0.3 is 27.8 Å².